The van der Waals surface area contributed by atoms with Gasteiger partial charge in [0.05, 0.1) is 27.7 Å². The molecule has 0 atom stereocenters. The summed E-state index contributed by atoms with van der Waals surface area (Å²) in [7, 11) is 0. The highest BCUT2D eigenvalue weighted by Gasteiger charge is 2.16. The first-order valence-corrected chi connectivity index (χ1v) is 11.9. The maximum atomic E-state index is 12.9. The summed E-state index contributed by atoms with van der Waals surface area (Å²) in [6, 6.07) is 13.4. The summed E-state index contributed by atoms with van der Waals surface area (Å²) in [5, 5.41) is 8.42. The second-order valence-electron chi connectivity index (χ2n) is 7.28. The van der Waals surface area contributed by atoms with Crippen molar-refractivity contribution in [1.82, 2.24) is 14.9 Å². The summed E-state index contributed by atoms with van der Waals surface area (Å²) in [6.45, 7) is 6.02. The molecule has 164 valence electrons. The first-order chi connectivity index (χ1) is 15.3. The van der Waals surface area contributed by atoms with Crippen LogP contribution in [-0.2, 0) is 11.3 Å². The molecule has 1 aromatic carbocycles. The van der Waals surface area contributed by atoms with Gasteiger partial charge in [-0.1, -0.05) is 11.6 Å². The van der Waals surface area contributed by atoms with Crippen LogP contribution in [0.15, 0.2) is 47.8 Å². The molecular weight excluding hydrogens is 464 g/mol. The topological polar surface area (TPSA) is 76.0 Å². The second kappa shape index (κ2) is 9.28. The number of thiophene rings is 1. The first-order valence-electron chi connectivity index (χ1n) is 9.87. The van der Waals surface area contributed by atoms with Gasteiger partial charge in [0.15, 0.2) is 5.13 Å². The van der Waals surface area contributed by atoms with Crippen LogP contribution in [0.1, 0.15) is 33.5 Å². The summed E-state index contributed by atoms with van der Waals surface area (Å²) in [6.07, 6.45) is 0. The van der Waals surface area contributed by atoms with E-state index in [4.69, 9.17) is 11.6 Å². The molecular formula is C23H21ClN4O2S2. The maximum Gasteiger partial charge on any atom is 0.259 e. The molecule has 0 unspecified atom stereocenters. The molecule has 0 spiro atoms. The van der Waals surface area contributed by atoms with Gasteiger partial charge in [-0.3, -0.25) is 14.9 Å². The van der Waals surface area contributed by atoms with Gasteiger partial charge in [0.1, 0.15) is 0 Å². The molecule has 3 aromatic heterocycles. The lowest BCUT2D eigenvalue weighted by Gasteiger charge is -2.12. The van der Waals surface area contributed by atoms with Gasteiger partial charge in [-0.25, -0.2) is 4.98 Å². The average Bonchev–Trinajstić information content (AvgIpc) is 3.48. The Hall–Kier alpha value is -2.94. The summed E-state index contributed by atoms with van der Waals surface area (Å²) in [5.74, 6) is -0.374. The van der Waals surface area contributed by atoms with E-state index < -0.39 is 0 Å². The number of hydrogen-bond donors (Lipinski definition) is 2. The van der Waals surface area contributed by atoms with Crippen LogP contribution in [0.4, 0.5) is 5.13 Å². The van der Waals surface area contributed by atoms with Crippen molar-refractivity contribution in [3.05, 3.63) is 74.7 Å². The highest BCUT2D eigenvalue weighted by molar-refractivity contribution is 7.17. The Morgan fingerprint density at radius 2 is 1.84 bits per heavy atom. The van der Waals surface area contributed by atoms with Gasteiger partial charge in [0, 0.05) is 34.3 Å². The number of aromatic nitrogens is 2. The van der Waals surface area contributed by atoms with E-state index in [9.17, 15) is 9.59 Å². The molecule has 0 aliphatic carbocycles. The minimum atomic E-state index is -0.308. The number of nitrogens with one attached hydrogen (secondary N) is 2. The van der Waals surface area contributed by atoms with E-state index in [0.29, 0.717) is 22.3 Å². The largest absolute Gasteiger partial charge is 0.351 e. The van der Waals surface area contributed by atoms with E-state index in [0.717, 1.165) is 32.5 Å². The molecule has 9 heteroatoms. The highest BCUT2D eigenvalue weighted by Crippen LogP contribution is 2.31. The Bertz CT molecular complexity index is 1290. The van der Waals surface area contributed by atoms with Crippen LogP contribution in [0.2, 0.25) is 5.02 Å². The Morgan fingerprint density at radius 1 is 1.09 bits per heavy atom. The summed E-state index contributed by atoms with van der Waals surface area (Å²) in [4.78, 5) is 30.6. The zero-order chi connectivity index (χ0) is 22.8. The van der Waals surface area contributed by atoms with Crippen molar-refractivity contribution in [2.75, 3.05) is 5.32 Å². The molecule has 0 aliphatic rings. The number of benzene rings is 1. The highest BCUT2D eigenvalue weighted by atomic mass is 35.5. The summed E-state index contributed by atoms with van der Waals surface area (Å²) < 4.78 is 2.07. The predicted octanol–water partition coefficient (Wildman–Crippen LogP) is 5.82. The van der Waals surface area contributed by atoms with Gasteiger partial charge >= 0.3 is 0 Å². The number of carbonyl (C=O) groups excluding carboxylic acids is 2. The van der Waals surface area contributed by atoms with Crippen LogP contribution in [0.25, 0.3) is 16.3 Å². The maximum absolute atomic E-state index is 12.9. The van der Waals surface area contributed by atoms with Crippen molar-refractivity contribution in [2.45, 2.75) is 27.3 Å². The second-order valence-corrected chi connectivity index (χ2v) is 9.72. The van der Waals surface area contributed by atoms with Crippen molar-refractivity contribution < 1.29 is 9.59 Å². The minimum Gasteiger partial charge on any atom is -0.351 e. The summed E-state index contributed by atoms with van der Waals surface area (Å²) in [5.41, 5.74) is 4.21. The van der Waals surface area contributed by atoms with Gasteiger partial charge in [-0.2, -0.15) is 0 Å². The fourth-order valence-electron chi connectivity index (χ4n) is 3.33. The number of thiazole rings is 1. The third-order valence-electron chi connectivity index (χ3n) is 4.87. The molecule has 4 aromatic rings. The quantitative estimate of drug-likeness (QED) is 0.362. The fraction of sp³-hybridized carbons (Fsp3) is 0.174. The smallest absolute Gasteiger partial charge is 0.259 e. The Morgan fingerprint density at radius 3 is 2.56 bits per heavy atom. The normalized spacial score (nSPS) is 10.9. The molecule has 0 bridgehead atoms. The molecule has 3 heterocycles. The van der Waals surface area contributed by atoms with Crippen LogP contribution in [0, 0.1) is 13.8 Å². The van der Waals surface area contributed by atoms with E-state index in [1.54, 1.807) is 23.5 Å². The number of nitrogens with zero attached hydrogens (tertiary/aromatic N) is 2. The van der Waals surface area contributed by atoms with Crippen LogP contribution < -0.4 is 10.6 Å². The van der Waals surface area contributed by atoms with E-state index in [1.807, 2.05) is 49.6 Å². The molecule has 4 rings (SSSR count). The summed E-state index contributed by atoms with van der Waals surface area (Å²) >= 11 is 9.25. The minimum absolute atomic E-state index is 0.0663. The van der Waals surface area contributed by atoms with Gasteiger partial charge < -0.3 is 9.88 Å². The molecule has 32 heavy (non-hydrogen) atoms. The van der Waals surface area contributed by atoms with Gasteiger partial charge in [0.25, 0.3) is 5.91 Å². The number of halogens is 1. The van der Waals surface area contributed by atoms with Crippen molar-refractivity contribution in [3.63, 3.8) is 0 Å². The van der Waals surface area contributed by atoms with Crippen LogP contribution in [0.3, 0.4) is 0 Å². The number of carbonyl (C=O) groups is 2. The molecule has 0 saturated heterocycles. The van der Waals surface area contributed by atoms with E-state index >= 15 is 0 Å². The number of hydrogen-bond acceptors (Lipinski definition) is 5. The first kappa shape index (κ1) is 22.3. The van der Waals surface area contributed by atoms with Crippen LogP contribution >= 0.6 is 34.3 Å². The Kier molecular flexibility index (Phi) is 6.45. The fourth-order valence-corrected chi connectivity index (χ4v) is 5.22. The Balaban J connectivity index is 1.51. The number of anilines is 1. The molecule has 0 saturated carbocycles. The lowest BCUT2D eigenvalue weighted by molar-refractivity contribution is -0.119. The molecule has 2 amide bonds. The van der Waals surface area contributed by atoms with E-state index in [2.05, 4.69) is 20.2 Å². The standard InChI is InChI=1S/C23H21ClN4O2S2/c1-13-4-5-14(2)28(13)16-6-8-19(24)18(10-16)22(30)27-23-26-20(12-31-23)21-9-7-17(32-21)11-25-15(3)29/h4-10,12H,11H2,1-3H3,(H,25,29)(H,26,27,30). The van der Waals surface area contributed by atoms with Gasteiger partial charge in [-0.05, 0) is 56.3 Å². The van der Waals surface area contributed by atoms with Crippen LogP contribution in [0.5, 0.6) is 0 Å². The third-order valence-corrected chi connectivity index (χ3v) is 7.07. The lowest BCUT2D eigenvalue weighted by atomic mass is 10.1. The molecule has 0 aliphatic heterocycles. The molecule has 0 fully saturated rings. The predicted molar refractivity (Wildman–Crippen MR) is 131 cm³/mol. The number of aryl methyl sites for hydroxylation is 2. The third kappa shape index (κ3) is 4.77. The van der Waals surface area contributed by atoms with Crippen LogP contribution in [-0.4, -0.2) is 21.4 Å². The van der Waals surface area contributed by atoms with Gasteiger partial charge in [0.2, 0.25) is 5.91 Å². The van der Waals surface area contributed by atoms with E-state index in [-0.39, 0.29) is 11.8 Å². The van der Waals surface area contributed by atoms with Crippen molar-refractivity contribution in [2.24, 2.45) is 0 Å². The lowest BCUT2D eigenvalue weighted by Crippen LogP contribution is -2.17. The van der Waals surface area contributed by atoms with Crippen molar-refractivity contribution >= 4 is 51.2 Å². The number of rotatable bonds is 6. The average molecular weight is 485 g/mol. The molecule has 2 N–H and O–H groups in total. The van der Waals surface area contributed by atoms with E-state index in [1.165, 1.54) is 18.3 Å². The van der Waals surface area contributed by atoms with Gasteiger partial charge in [-0.15, -0.1) is 22.7 Å². The molecule has 0 radical (unpaired) electrons. The number of amides is 2. The zero-order valence-electron chi connectivity index (χ0n) is 17.7. The van der Waals surface area contributed by atoms with Crippen molar-refractivity contribution in [1.29, 1.82) is 0 Å². The zero-order valence-corrected chi connectivity index (χ0v) is 20.1. The molecule has 6 nitrogen and oxygen atoms in total. The Labute approximate surface area is 198 Å². The SMILES string of the molecule is CC(=O)NCc1ccc(-c2csc(NC(=O)c3cc(-n4c(C)ccc4C)ccc3Cl)n2)s1. The van der Waals surface area contributed by atoms with Crippen molar-refractivity contribution in [3.8, 4) is 16.3 Å². The monoisotopic (exact) mass is 484 g/mol.